The van der Waals surface area contributed by atoms with Crippen molar-refractivity contribution in [2.75, 3.05) is 4.90 Å². The molecule has 11 rings (SSSR count). The fourth-order valence-corrected chi connectivity index (χ4v) is 9.16. The molecular formula is C58H45N5Pt. The quantitative estimate of drug-likeness (QED) is 0.149. The Morgan fingerprint density at radius 3 is 2.03 bits per heavy atom. The molecule has 0 saturated carbocycles. The molecule has 6 heteroatoms. The molecule has 312 valence electrons. The Labute approximate surface area is 388 Å². The average Bonchev–Trinajstić information content (AvgIpc) is 3.89. The summed E-state index contributed by atoms with van der Waals surface area (Å²) in [5.74, 6) is 0.819. The molecule has 0 amide bonds. The maximum atomic E-state index is 5.30. The molecule has 0 radical (unpaired) electrons. The molecule has 0 unspecified atom stereocenters. The van der Waals surface area contributed by atoms with Gasteiger partial charge in [-0.2, -0.15) is 0 Å². The van der Waals surface area contributed by atoms with Gasteiger partial charge in [-0.05, 0) is 107 Å². The molecule has 0 aliphatic carbocycles. The Hall–Kier alpha value is -7.07. The number of nitrogens with zero attached hydrogens (tertiary/aromatic N) is 5. The van der Waals surface area contributed by atoms with Gasteiger partial charge in [-0.1, -0.05) is 112 Å². The maximum Gasteiger partial charge on any atom is 2.00 e. The number of anilines is 3. The summed E-state index contributed by atoms with van der Waals surface area (Å²) < 4.78 is 4.64. The molecule has 0 bridgehead atoms. The van der Waals surface area contributed by atoms with Crippen LogP contribution in [0.2, 0.25) is 0 Å². The van der Waals surface area contributed by atoms with Crippen LogP contribution in [0, 0.1) is 26.0 Å². The van der Waals surface area contributed by atoms with Gasteiger partial charge in [0.2, 0.25) is 0 Å². The van der Waals surface area contributed by atoms with E-state index in [1.807, 2.05) is 6.20 Å². The van der Waals surface area contributed by atoms with Crippen LogP contribution < -0.4 is 4.90 Å². The number of pyridine rings is 2. The van der Waals surface area contributed by atoms with Gasteiger partial charge in [-0.25, -0.2) is 0 Å². The Morgan fingerprint density at radius 1 is 0.562 bits per heavy atom. The van der Waals surface area contributed by atoms with Crippen molar-refractivity contribution in [3.05, 3.63) is 211 Å². The number of para-hydroxylation sites is 4. The summed E-state index contributed by atoms with van der Waals surface area (Å²) in [6.45, 7) is 11.1. The topological polar surface area (TPSA) is 38.4 Å². The minimum absolute atomic E-state index is 0. The van der Waals surface area contributed by atoms with E-state index in [2.05, 4.69) is 237 Å². The molecule has 5 nitrogen and oxygen atoms in total. The monoisotopic (exact) mass is 1010 g/mol. The second-order valence-electron chi connectivity index (χ2n) is 17.5. The zero-order valence-corrected chi connectivity index (χ0v) is 38.6. The van der Waals surface area contributed by atoms with E-state index < -0.39 is 0 Å². The Bertz CT molecular complexity index is 3520. The molecule has 4 aromatic heterocycles. The first-order chi connectivity index (χ1) is 30.7. The standard InChI is InChI=1S/C58H45N5.Pt/c1-38-16-13-17-39(2)56(38)61(46-22-14-20-41(33-46)51-36-55-43(37-59-51)28-30-48-35-44-32-45(58(3,4)5)29-31-52(44)62(48)55)47-23-15-21-42(34-47)57-60-50-25-10-12-27-54(50)63(57)53-26-11-9-24-49(53)40-18-7-6-8-19-40;/h6-32,35-37H,1-5H3;/q-2;+2. The second-order valence-corrected chi connectivity index (χ2v) is 17.5. The minimum atomic E-state index is 0. The van der Waals surface area contributed by atoms with Crippen LogP contribution in [0.4, 0.5) is 17.1 Å². The molecule has 7 aromatic carbocycles. The van der Waals surface area contributed by atoms with E-state index >= 15 is 0 Å². The van der Waals surface area contributed by atoms with Gasteiger partial charge in [0.15, 0.2) is 0 Å². The largest absolute Gasteiger partial charge is 2.00 e. The van der Waals surface area contributed by atoms with Crippen molar-refractivity contribution >= 4 is 55.4 Å². The van der Waals surface area contributed by atoms with Crippen LogP contribution in [-0.4, -0.2) is 18.9 Å². The first-order valence-corrected chi connectivity index (χ1v) is 21.6. The van der Waals surface area contributed by atoms with Crippen LogP contribution in [0.25, 0.3) is 77.8 Å². The zero-order valence-electron chi connectivity index (χ0n) is 36.4. The van der Waals surface area contributed by atoms with E-state index in [9.17, 15) is 0 Å². The van der Waals surface area contributed by atoms with E-state index in [-0.39, 0.29) is 26.5 Å². The van der Waals surface area contributed by atoms with Gasteiger partial charge in [0.05, 0.1) is 22.4 Å². The number of imidazole rings is 1. The molecule has 4 heterocycles. The number of rotatable bonds is 7. The number of aryl methyl sites for hydroxylation is 2. The van der Waals surface area contributed by atoms with E-state index in [0.717, 1.165) is 95.1 Å². The van der Waals surface area contributed by atoms with Crippen molar-refractivity contribution in [1.29, 1.82) is 0 Å². The van der Waals surface area contributed by atoms with E-state index in [1.54, 1.807) is 0 Å². The summed E-state index contributed by atoms with van der Waals surface area (Å²) in [7, 11) is 0. The average molecular weight is 1010 g/mol. The third-order valence-corrected chi connectivity index (χ3v) is 12.3. The summed E-state index contributed by atoms with van der Waals surface area (Å²) in [5.41, 5.74) is 17.9. The molecule has 11 aromatic rings. The molecule has 0 aliphatic rings. The number of hydrogen-bond donors (Lipinski definition) is 0. The summed E-state index contributed by atoms with van der Waals surface area (Å²) >= 11 is 0. The summed E-state index contributed by atoms with van der Waals surface area (Å²) in [5, 5.41) is 2.32. The van der Waals surface area contributed by atoms with E-state index in [1.165, 1.54) is 16.5 Å². The van der Waals surface area contributed by atoms with Crippen LogP contribution in [0.1, 0.15) is 37.5 Å². The Kier molecular flexibility index (Phi) is 10.4. The zero-order chi connectivity index (χ0) is 42.8. The van der Waals surface area contributed by atoms with Gasteiger partial charge in [0, 0.05) is 44.9 Å². The van der Waals surface area contributed by atoms with Crippen molar-refractivity contribution < 1.29 is 21.1 Å². The minimum Gasteiger partial charge on any atom is -0.346 e. The van der Waals surface area contributed by atoms with Crippen LogP contribution in [-0.2, 0) is 26.5 Å². The van der Waals surface area contributed by atoms with Gasteiger partial charge in [0.25, 0.3) is 0 Å². The third kappa shape index (κ3) is 7.11. The van der Waals surface area contributed by atoms with Gasteiger partial charge in [-0.15, -0.1) is 59.7 Å². The maximum absolute atomic E-state index is 5.30. The van der Waals surface area contributed by atoms with Gasteiger partial charge in [0.1, 0.15) is 0 Å². The molecule has 0 spiro atoms. The summed E-state index contributed by atoms with van der Waals surface area (Å²) in [6.07, 6.45) is 1.99. The van der Waals surface area contributed by atoms with Gasteiger partial charge < -0.3 is 18.9 Å². The molecule has 0 fully saturated rings. The predicted molar refractivity (Wildman–Crippen MR) is 262 cm³/mol. The molecular weight excluding hydrogens is 962 g/mol. The molecule has 0 N–H and O–H groups in total. The Balaban J connectivity index is 0.00000484. The van der Waals surface area contributed by atoms with Crippen LogP contribution >= 0.6 is 0 Å². The summed E-state index contributed by atoms with van der Waals surface area (Å²) in [4.78, 5) is 12.6. The Morgan fingerprint density at radius 2 is 1.25 bits per heavy atom. The predicted octanol–water partition coefficient (Wildman–Crippen LogP) is 15.0. The molecule has 0 atom stereocenters. The molecule has 0 aliphatic heterocycles. The van der Waals surface area contributed by atoms with Crippen molar-refractivity contribution in [3.8, 4) is 39.5 Å². The molecule has 64 heavy (non-hydrogen) atoms. The van der Waals surface area contributed by atoms with Crippen molar-refractivity contribution in [3.63, 3.8) is 0 Å². The number of hydrogen-bond acceptors (Lipinski definition) is 3. The van der Waals surface area contributed by atoms with Crippen molar-refractivity contribution in [2.45, 2.75) is 40.0 Å². The fourth-order valence-electron chi connectivity index (χ4n) is 9.16. The van der Waals surface area contributed by atoms with Gasteiger partial charge in [-0.3, -0.25) is 4.98 Å². The SMILES string of the molecule is Cc1cccc(C)c1N(c1[c-]c(-c2cc3c(ccc4cc5cc(C(C)(C)C)ccc5n43)cn2)ccc1)c1[c-]c(-c2nc3ccccc3n2-c2ccccc2-c2ccccc2)ccc1.[Pt+2]. The fraction of sp³-hybridized carbons (Fsp3) is 0.103. The van der Waals surface area contributed by atoms with Crippen LogP contribution in [0.15, 0.2) is 182 Å². The first kappa shape index (κ1) is 41.0. The van der Waals surface area contributed by atoms with Crippen molar-refractivity contribution in [2.24, 2.45) is 0 Å². The van der Waals surface area contributed by atoms with Crippen LogP contribution in [0.5, 0.6) is 0 Å². The number of aromatic nitrogens is 4. The third-order valence-electron chi connectivity index (χ3n) is 12.3. The number of benzene rings is 7. The molecule has 0 saturated heterocycles. The van der Waals surface area contributed by atoms with E-state index in [0.29, 0.717) is 0 Å². The van der Waals surface area contributed by atoms with E-state index in [4.69, 9.17) is 9.97 Å². The van der Waals surface area contributed by atoms with Gasteiger partial charge >= 0.3 is 21.1 Å². The van der Waals surface area contributed by atoms with Crippen molar-refractivity contribution in [1.82, 2.24) is 18.9 Å². The van der Waals surface area contributed by atoms with Crippen LogP contribution in [0.3, 0.4) is 0 Å². The number of fused-ring (bicyclic) bond motifs is 6. The first-order valence-electron chi connectivity index (χ1n) is 21.6. The second kappa shape index (κ2) is 16.2. The normalized spacial score (nSPS) is 11.7. The summed E-state index contributed by atoms with van der Waals surface area (Å²) in [6, 6.07) is 70.1. The smallest absolute Gasteiger partial charge is 0.346 e.